The van der Waals surface area contributed by atoms with Gasteiger partial charge < -0.3 is 10.6 Å². The highest BCUT2D eigenvalue weighted by Gasteiger charge is 2.34. The molecule has 3 rings (SSSR count). The van der Waals surface area contributed by atoms with Crippen LogP contribution in [0, 0.1) is 0 Å². The van der Waals surface area contributed by atoms with Gasteiger partial charge in [0.05, 0.1) is 4.90 Å². The molecule has 6 nitrogen and oxygen atoms in total. The molecule has 1 heterocycles. The van der Waals surface area contributed by atoms with E-state index in [-0.39, 0.29) is 34.3 Å². The molecule has 0 saturated heterocycles. The lowest BCUT2D eigenvalue weighted by atomic mass is 9.73. The Hall–Kier alpha value is -1.17. The van der Waals surface area contributed by atoms with Gasteiger partial charge in [-0.25, -0.2) is 13.1 Å². The maximum absolute atomic E-state index is 12.0. The molecular weight excluding hydrogens is 531 g/mol. The molecule has 3 N–H and O–H groups in total. The molecule has 0 aliphatic heterocycles. The summed E-state index contributed by atoms with van der Waals surface area (Å²) in [5.41, 5.74) is 1.06. The third kappa shape index (κ3) is 6.18. The largest absolute Gasteiger partial charge is 0.355 e. The van der Waals surface area contributed by atoms with E-state index in [0.29, 0.717) is 6.54 Å². The zero-order chi connectivity index (χ0) is 20.7. The Bertz CT molecular complexity index is 924. The molecule has 2 aromatic rings. The molecule has 0 spiro atoms. The number of nitrogens with one attached hydrogen (secondary N) is 3. The summed E-state index contributed by atoms with van der Waals surface area (Å²) < 4.78 is 26.4. The second kappa shape index (κ2) is 11.4. The van der Waals surface area contributed by atoms with Gasteiger partial charge in [0.15, 0.2) is 5.96 Å². The summed E-state index contributed by atoms with van der Waals surface area (Å²) in [7, 11) is -0.268. The van der Waals surface area contributed by atoms with Crippen LogP contribution in [0.25, 0.3) is 0 Å². The predicted molar refractivity (Wildman–Crippen MR) is 135 cm³/mol. The average Bonchev–Trinajstić information content (AvgIpc) is 3.30. The van der Waals surface area contributed by atoms with Gasteiger partial charge in [-0.2, -0.15) is 0 Å². The van der Waals surface area contributed by atoms with Crippen LogP contribution < -0.4 is 15.4 Å². The Morgan fingerprint density at radius 2 is 1.90 bits per heavy atom. The number of benzene rings is 1. The van der Waals surface area contributed by atoms with Crippen molar-refractivity contribution in [3.05, 3.63) is 52.2 Å². The summed E-state index contributed by atoms with van der Waals surface area (Å²) >= 11 is 1.84. The first kappa shape index (κ1) is 25.1. The maximum Gasteiger partial charge on any atom is 0.240 e. The summed E-state index contributed by atoms with van der Waals surface area (Å²) in [5.74, 6) is 0.730. The van der Waals surface area contributed by atoms with E-state index in [1.54, 1.807) is 25.2 Å². The Labute approximate surface area is 201 Å². The van der Waals surface area contributed by atoms with Crippen LogP contribution >= 0.6 is 35.3 Å². The summed E-state index contributed by atoms with van der Waals surface area (Å²) in [6.07, 6.45) is 6.23. The van der Waals surface area contributed by atoms with Crippen LogP contribution in [0.2, 0.25) is 0 Å². The first-order valence-electron chi connectivity index (χ1n) is 10.0. The van der Waals surface area contributed by atoms with Crippen LogP contribution in [-0.4, -0.2) is 35.0 Å². The van der Waals surface area contributed by atoms with Crippen molar-refractivity contribution < 1.29 is 8.42 Å². The van der Waals surface area contributed by atoms with Crippen molar-refractivity contribution in [3.8, 4) is 0 Å². The van der Waals surface area contributed by atoms with Gasteiger partial charge in [0.25, 0.3) is 0 Å². The van der Waals surface area contributed by atoms with E-state index in [9.17, 15) is 8.42 Å². The van der Waals surface area contributed by atoms with Gasteiger partial charge in [0, 0.05) is 30.4 Å². The van der Waals surface area contributed by atoms with E-state index in [1.807, 2.05) is 17.4 Å². The number of aliphatic imine (C=N–C) groups is 1. The molecule has 1 aromatic heterocycles. The number of hydrogen-bond donors (Lipinski definition) is 3. The lowest BCUT2D eigenvalue weighted by Gasteiger charge is -2.37. The molecule has 30 heavy (non-hydrogen) atoms. The van der Waals surface area contributed by atoms with Crippen molar-refractivity contribution in [2.24, 2.45) is 4.99 Å². The maximum atomic E-state index is 12.0. The van der Waals surface area contributed by atoms with Gasteiger partial charge in [0.2, 0.25) is 10.0 Å². The van der Waals surface area contributed by atoms with E-state index in [2.05, 4.69) is 37.9 Å². The quantitative estimate of drug-likeness (QED) is 0.272. The average molecular weight is 563 g/mol. The molecule has 166 valence electrons. The fourth-order valence-electron chi connectivity index (χ4n) is 3.92. The van der Waals surface area contributed by atoms with Gasteiger partial charge >= 0.3 is 0 Å². The highest BCUT2D eigenvalue weighted by Crippen LogP contribution is 2.41. The molecule has 0 atom stereocenters. The van der Waals surface area contributed by atoms with E-state index in [1.165, 1.54) is 44.0 Å². The fourth-order valence-corrected chi connectivity index (χ4v) is 5.71. The second-order valence-corrected chi connectivity index (χ2v) is 10.3. The SMILES string of the molecule is CN=C(NCc1cccc(S(=O)(=O)NC)c1)NCC1(c2cccs2)CCCCC1.I. The number of guanidine groups is 1. The third-order valence-corrected chi connectivity index (χ3v) is 8.14. The fraction of sp³-hybridized carbons (Fsp3) is 0.476. The van der Waals surface area contributed by atoms with E-state index < -0.39 is 10.0 Å². The Morgan fingerprint density at radius 1 is 1.13 bits per heavy atom. The lowest BCUT2D eigenvalue weighted by Crippen LogP contribution is -2.46. The number of thiophene rings is 1. The topological polar surface area (TPSA) is 82.6 Å². The van der Waals surface area contributed by atoms with E-state index >= 15 is 0 Å². The summed E-state index contributed by atoms with van der Waals surface area (Å²) in [6.45, 7) is 1.35. The number of nitrogens with zero attached hydrogens (tertiary/aromatic N) is 1. The molecule has 1 aliphatic rings. The Morgan fingerprint density at radius 3 is 2.53 bits per heavy atom. The van der Waals surface area contributed by atoms with E-state index in [4.69, 9.17) is 0 Å². The van der Waals surface area contributed by atoms with Crippen molar-refractivity contribution in [1.29, 1.82) is 0 Å². The standard InChI is InChI=1S/C21H30N4O2S2.HI/c1-22-20(24-15-17-8-6-9-18(14-17)29(26,27)23-2)25-16-21(11-4-3-5-12-21)19-10-7-13-28-19;/h6-10,13-14,23H,3-5,11-12,15-16H2,1-2H3,(H2,22,24,25);1H. The van der Waals surface area contributed by atoms with Crippen LogP contribution in [-0.2, 0) is 22.0 Å². The molecule has 0 unspecified atom stereocenters. The van der Waals surface area contributed by atoms with Crippen molar-refractivity contribution >= 4 is 51.3 Å². The zero-order valence-corrected chi connectivity index (χ0v) is 21.4. The third-order valence-electron chi connectivity index (χ3n) is 5.61. The zero-order valence-electron chi connectivity index (χ0n) is 17.5. The highest BCUT2D eigenvalue weighted by molar-refractivity contribution is 14.0. The lowest BCUT2D eigenvalue weighted by molar-refractivity contribution is 0.296. The Kier molecular flexibility index (Phi) is 9.58. The molecule has 1 fully saturated rings. The van der Waals surface area contributed by atoms with Crippen LogP contribution in [0.3, 0.4) is 0 Å². The number of sulfonamides is 1. The first-order chi connectivity index (χ1) is 14.0. The number of halogens is 1. The Balaban J connectivity index is 0.00000320. The van der Waals surface area contributed by atoms with Crippen molar-refractivity contribution in [3.63, 3.8) is 0 Å². The minimum Gasteiger partial charge on any atom is -0.355 e. The normalized spacial score (nSPS) is 16.5. The van der Waals surface area contributed by atoms with E-state index in [0.717, 1.165) is 18.1 Å². The predicted octanol–water partition coefficient (Wildman–Crippen LogP) is 3.84. The summed E-state index contributed by atoms with van der Waals surface area (Å²) in [4.78, 5) is 6.07. The minimum absolute atomic E-state index is 0. The summed E-state index contributed by atoms with van der Waals surface area (Å²) in [5, 5.41) is 8.98. The molecule has 9 heteroatoms. The van der Waals surface area contributed by atoms with Gasteiger partial charge in [-0.3, -0.25) is 4.99 Å². The smallest absolute Gasteiger partial charge is 0.240 e. The van der Waals surface area contributed by atoms with Gasteiger partial charge in [-0.1, -0.05) is 37.5 Å². The molecule has 1 aliphatic carbocycles. The van der Waals surface area contributed by atoms with Crippen molar-refractivity contribution in [2.75, 3.05) is 20.6 Å². The molecule has 0 radical (unpaired) electrons. The van der Waals surface area contributed by atoms with Crippen LogP contribution in [0.5, 0.6) is 0 Å². The first-order valence-corrected chi connectivity index (χ1v) is 12.4. The van der Waals surface area contributed by atoms with Gasteiger partial charge in [0.1, 0.15) is 0 Å². The minimum atomic E-state index is -3.45. The molecule has 1 aromatic carbocycles. The van der Waals surface area contributed by atoms with Crippen LogP contribution in [0.15, 0.2) is 51.7 Å². The number of rotatable bonds is 7. The monoisotopic (exact) mass is 562 g/mol. The van der Waals surface area contributed by atoms with Crippen molar-refractivity contribution in [1.82, 2.24) is 15.4 Å². The molecular formula is C21H31IN4O2S2. The van der Waals surface area contributed by atoms with Crippen molar-refractivity contribution in [2.45, 2.75) is 49.0 Å². The van der Waals surface area contributed by atoms with Crippen LogP contribution in [0.1, 0.15) is 42.5 Å². The van der Waals surface area contributed by atoms with Gasteiger partial charge in [-0.05, 0) is 49.0 Å². The number of hydrogen-bond acceptors (Lipinski definition) is 4. The van der Waals surface area contributed by atoms with Gasteiger partial charge in [-0.15, -0.1) is 35.3 Å². The molecule has 0 bridgehead atoms. The van der Waals surface area contributed by atoms with Crippen LogP contribution in [0.4, 0.5) is 0 Å². The second-order valence-electron chi connectivity index (χ2n) is 7.45. The molecule has 0 amide bonds. The highest BCUT2D eigenvalue weighted by atomic mass is 127. The molecule has 1 saturated carbocycles. The summed E-state index contributed by atoms with van der Waals surface area (Å²) in [6, 6.07) is 11.3.